The Morgan fingerprint density at radius 3 is 2.62 bits per heavy atom. The van der Waals surface area contributed by atoms with E-state index < -0.39 is 0 Å². The van der Waals surface area contributed by atoms with Crippen LogP contribution in [0.25, 0.3) is 0 Å². The van der Waals surface area contributed by atoms with E-state index in [4.69, 9.17) is 9.47 Å². The molecule has 2 atom stereocenters. The quantitative estimate of drug-likeness (QED) is 0.629. The highest BCUT2D eigenvalue weighted by molar-refractivity contribution is 4.93. The lowest BCUT2D eigenvalue weighted by Crippen LogP contribution is -2.37. The van der Waals surface area contributed by atoms with Crippen LogP contribution >= 0.6 is 0 Å². The maximum atomic E-state index is 5.93. The summed E-state index contributed by atoms with van der Waals surface area (Å²) in [7, 11) is 0. The van der Waals surface area contributed by atoms with Gasteiger partial charge in [-0.05, 0) is 33.1 Å². The second kappa shape index (κ2) is 7.29. The summed E-state index contributed by atoms with van der Waals surface area (Å²) in [5, 5.41) is 0. The first kappa shape index (κ1) is 14.0. The molecule has 0 aromatic carbocycles. The Hall–Kier alpha value is -0.0800. The van der Waals surface area contributed by atoms with Gasteiger partial charge in [-0.2, -0.15) is 0 Å². The van der Waals surface area contributed by atoms with E-state index >= 15 is 0 Å². The van der Waals surface area contributed by atoms with Gasteiger partial charge in [-0.1, -0.05) is 26.2 Å². The van der Waals surface area contributed by atoms with Crippen LogP contribution < -0.4 is 0 Å². The minimum atomic E-state index is 0.321. The molecule has 1 saturated carbocycles. The van der Waals surface area contributed by atoms with Crippen LogP contribution in [0.4, 0.5) is 0 Å². The minimum Gasteiger partial charge on any atom is -0.381 e. The maximum Gasteiger partial charge on any atom is 0.0653 e. The zero-order valence-electron chi connectivity index (χ0n) is 11.3. The molecule has 0 radical (unpaired) electrons. The summed E-state index contributed by atoms with van der Waals surface area (Å²) in [6, 6.07) is 0. The van der Waals surface area contributed by atoms with Gasteiger partial charge >= 0.3 is 0 Å². The first-order valence-corrected chi connectivity index (χ1v) is 6.98. The second-order valence-corrected chi connectivity index (χ2v) is 4.94. The average molecular weight is 228 g/mol. The van der Waals surface area contributed by atoms with Crippen LogP contribution in [-0.4, -0.2) is 25.9 Å². The molecule has 16 heavy (non-hydrogen) atoms. The maximum absolute atomic E-state index is 5.93. The second-order valence-electron chi connectivity index (χ2n) is 4.94. The van der Waals surface area contributed by atoms with Crippen molar-refractivity contribution in [2.24, 2.45) is 5.41 Å². The molecular formula is C14H28O2. The largest absolute Gasteiger partial charge is 0.381 e. The summed E-state index contributed by atoms with van der Waals surface area (Å²) in [6.45, 7) is 9.01. The number of hydrogen-bond donors (Lipinski definition) is 0. The monoisotopic (exact) mass is 228 g/mol. The molecule has 0 aromatic heterocycles. The highest BCUT2D eigenvalue weighted by Crippen LogP contribution is 2.44. The third kappa shape index (κ3) is 3.46. The minimum absolute atomic E-state index is 0.321. The topological polar surface area (TPSA) is 18.5 Å². The zero-order valence-corrected chi connectivity index (χ0v) is 11.3. The Labute approximate surface area is 101 Å². The summed E-state index contributed by atoms with van der Waals surface area (Å²) in [6.07, 6.45) is 8.11. The lowest BCUT2D eigenvalue weighted by Gasteiger charge is -2.35. The smallest absolute Gasteiger partial charge is 0.0653 e. The fraction of sp³-hybridized carbons (Fsp3) is 1.00. The summed E-state index contributed by atoms with van der Waals surface area (Å²) in [5.41, 5.74) is 0.321. The van der Waals surface area contributed by atoms with Crippen LogP contribution in [0, 0.1) is 5.41 Å². The Bertz CT molecular complexity index is 172. The van der Waals surface area contributed by atoms with Crippen LogP contribution in [0.2, 0.25) is 0 Å². The molecule has 96 valence electrons. The fourth-order valence-corrected chi connectivity index (χ4v) is 2.93. The zero-order chi connectivity index (χ0) is 11.9. The van der Waals surface area contributed by atoms with Gasteiger partial charge in [-0.15, -0.1) is 0 Å². The molecule has 1 fully saturated rings. The third-order valence-corrected chi connectivity index (χ3v) is 3.81. The molecule has 1 aliphatic rings. The molecule has 0 saturated heterocycles. The molecule has 0 aliphatic heterocycles. The van der Waals surface area contributed by atoms with Crippen molar-refractivity contribution in [2.45, 2.75) is 65.4 Å². The Balaban J connectivity index is 2.59. The van der Waals surface area contributed by atoms with Gasteiger partial charge in [0.05, 0.1) is 12.7 Å². The molecule has 0 N–H and O–H groups in total. The fourth-order valence-electron chi connectivity index (χ4n) is 2.93. The third-order valence-electron chi connectivity index (χ3n) is 3.81. The highest BCUT2D eigenvalue weighted by Gasteiger charge is 2.42. The van der Waals surface area contributed by atoms with Crippen molar-refractivity contribution in [3.8, 4) is 0 Å². The van der Waals surface area contributed by atoms with Gasteiger partial charge in [0.1, 0.15) is 0 Å². The molecule has 0 bridgehead atoms. The van der Waals surface area contributed by atoms with E-state index in [2.05, 4.69) is 20.8 Å². The molecule has 2 heteroatoms. The average Bonchev–Trinajstić information content (AvgIpc) is 2.68. The van der Waals surface area contributed by atoms with Crippen molar-refractivity contribution >= 4 is 0 Å². The highest BCUT2D eigenvalue weighted by atomic mass is 16.5. The summed E-state index contributed by atoms with van der Waals surface area (Å²) in [4.78, 5) is 0. The predicted octanol–water partition coefficient (Wildman–Crippen LogP) is 3.79. The van der Waals surface area contributed by atoms with Gasteiger partial charge in [-0.3, -0.25) is 0 Å². The van der Waals surface area contributed by atoms with Crippen molar-refractivity contribution in [1.82, 2.24) is 0 Å². The van der Waals surface area contributed by atoms with Crippen LogP contribution in [0.5, 0.6) is 0 Å². The van der Waals surface area contributed by atoms with Gasteiger partial charge in [0.25, 0.3) is 0 Å². The molecule has 0 amide bonds. The molecule has 0 aromatic rings. The van der Waals surface area contributed by atoms with E-state index in [0.717, 1.165) is 19.8 Å². The summed E-state index contributed by atoms with van der Waals surface area (Å²) < 4.78 is 11.6. The van der Waals surface area contributed by atoms with Gasteiger partial charge in [0.2, 0.25) is 0 Å². The van der Waals surface area contributed by atoms with Gasteiger partial charge in [0, 0.05) is 18.6 Å². The van der Waals surface area contributed by atoms with Gasteiger partial charge < -0.3 is 9.47 Å². The van der Waals surface area contributed by atoms with Crippen molar-refractivity contribution in [3.05, 3.63) is 0 Å². The molecule has 1 rings (SSSR count). The van der Waals surface area contributed by atoms with E-state index in [-0.39, 0.29) is 0 Å². The molecule has 0 heterocycles. The van der Waals surface area contributed by atoms with Gasteiger partial charge in [-0.25, -0.2) is 0 Å². The molecule has 2 unspecified atom stereocenters. The Kier molecular flexibility index (Phi) is 6.37. The first-order valence-electron chi connectivity index (χ1n) is 6.98. The Morgan fingerprint density at radius 2 is 2.00 bits per heavy atom. The molecular weight excluding hydrogens is 200 g/mol. The van der Waals surface area contributed by atoms with Gasteiger partial charge in [0.15, 0.2) is 0 Å². The number of hydrogen-bond acceptors (Lipinski definition) is 2. The molecule has 0 spiro atoms. The van der Waals surface area contributed by atoms with Crippen LogP contribution in [0.15, 0.2) is 0 Å². The molecule has 2 nitrogen and oxygen atoms in total. The van der Waals surface area contributed by atoms with Crippen molar-refractivity contribution in [3.63, 3.8) is 0 Å². The number of unbranched alkanes of at least 4 members (excludes halogenated alkanes) is 1. The van der Waals surface area contributed by atoms with E-state index in [1.165, 1.54) is 38.5 Å². The van der Waals surface area contributed by atoms with Crippen molar-refractivity contribution in [1.29, 1.82) is 0 Å². The van der Waals surface area contributed by atoms with E-state index in [1.807, 2.05) is 0 Å². The SMILES string of the molecule is CCCCC1(COCC)CCCC1OCC. The first-order chi connectivity index (χ1) is 7.79. The van der Waals surface area contributed by atoms with Crippen molar-refractivity contribution in [2.75, 3.05) is 19.8 Å². The summed E-state index contributed by atoms with van der Waals surface area (Å²) >= 11 is 0. The van der Waals surface area contributed by atoms with E-state index in [9.17, 15) is 0 Å². The number of ether oxygens (including phenoxy) is 2. The van der Waals surface area contributed by atoms with E-state index in [0.29, 0.717) is 11.5 Å². The summed E-state index contributed by atoms with van der Waals surface area (Å²) in [5.74, 6) is 0. The van der Waals surface area contributed by atoms with Crippen LogP contribution in [0.1, 0.15) is 59.3 Å². The lowest BCUT2D eigenvalue weighted by atomic mass is 9.80. The predicted molar refractivity (Wildman–Crippen MR) is 67.7 cm³/mol. The standard InChI is InChI=1S/C14H28O2/c1-4-7-10-14(12-15-5-2)11-8-9-13(14)16-6-3/h13H,4-12H2,1-3H3. The van der Waals surface area contributed by atoms with Crippen LogP contribution in [-0.2, 0) is 9.47 Å². The number of rotatable bonds is 8. The van der Waals surface area contributed by atoms with Crippen LogP contribution in [0.3, 0.4) is 0 Å². The Morgan fingerprint density at radius 1 is 1.19 bits per heavy atom. The van der Waals surface area contributed by atoms with E-state index in [1.54, 1.807) is 0 Å². The van der Waals surface area contributed by atoms with Crippen molar-refractivity contribution < 1.29 is 9.47 Å². The normalized spacial score (nSPS) is 29.8. The molecule has 1 aliphatic carbocycles. The lowest BCUT2D eigenvalue weighted by molar-refractivity contribution is -0.0644.